The number of amides is 2. The van der Waals surface area contributed by atoms with Gasteiger partial charge in [-0.1, -0.05) is 65.7 Å². The van der Waals surface area contributed by atoms with Crippen molar-refractivity contribution < 1.29 is 29.3 Å². The molecule has 8 atom stereocenters. The first-order valence-corrected chi connectivity index (χ1v) is 13.6. The largest absolute Gasteiger partial charge is 0.481 e. The first kappa shape index (κ1) is 26.8. The van der Waals surface area contributed by atoms with Crippen LogP contribution in [0.25, 0.3) is 0 Å². The van der Waals surface area contributed by atoms with E-state index < -0.39 is 47.5 Å². The fourth-order valence-corrected chi connectivity index (χ4v) is 7.46. The number of carboxylic acid groups (broad SMARTS) is 1. The summed E-state index contributed by atoms with van der Waals surface area (Å²) in [4.78, 5) is 43.6. The first-order valence-electron chi connectivity index (χ1n) is 12.6. The van der Waals surface area contributed by atoms with Crippen LogP contribution in [-0.2, 0) is 25.5 Å². The number of carbonyl (C=O) groups excluding carboxylic acids is 2. The molecule has 4 unspecified atom stereocenters. The highest BCUT2D eigenvalue weighted by Gasteiger charge is 2.77. The quantitative estimate of drug-likeness (QED) is 0.317. The molecular formula is C27H35BrN2O6. The number of halogens is 1. The van der Waals surface area contributed by atoms with Gasteiger partial charge in [-0.3, -0.25) is 14.4 Å². The van der Waals surface area contributed by atoms with Crippen LogP contribution in [0.1, 0.15) is 38.7 Å². The third-order valence-electron chi connectivity index (χ3n) is 8.01. The van der Waals surface area contributed by atoms with Crippen LogP contribution in [-0.4, -0.2) is 85.6 Å². The Morgan fingerprint density at radius 2 is 2.06 bits per heavy atom. The summed E-state index contributed by atoms with van der Waals surface area (Å²) in [7, 11) is 0. The van der Waals surface area contributed by atoms with Crippen LogP contribution < -0.4 is 0 Å². The Morgan fingerprint density at radius 1 is 1.36 bits per heavy atom. The molecule has 3 aliphatic rings. The molecule has 3 heterocycles. The fraction of sp³-hybridized carbons (Fsp3) is 0.593. The average molecular weight is 563 g/mol. The summed E-state index contributed by atoms with van der Waals surface area (Å²) in [5, 5.41) is 20.5. The molecule has 1 aromatic carbocycles. The van der Waals surface area contributed by atoms with Gasteiger partial charge in [0.25, 0.3) is 0 Å². The third-order valence-corrected chi connectivity index (χ3v) is 8.86. The van der Waals surface area contributed by atoms with E-state index >= 15 is 0 Å². The lowest BCUT2D eigenvalue weighted by molar-refractivity contribution is -0.154. The van der Waals surface area contributed by atoms with Gasteiger partial charge in [-0.2, -0.15) is 0 Å². The van der Waals surface area contributed by atoms with Gasteiger partial charge in [0, 0.05) is 17.4 Å². The zero-order valence-electron chi connectivity index (χ0n) is 20.8. The molecule has 8 nitrogen and oxygen atoms in total. The van der Waals surface area contributed by atoms with Crippen LogP contribution in [0.4, 0.5) is 0 Å². The molecule has 2 bridgehead atoms. The number of aliphatic carboxylic acids is 1. The van der Waals surface area contributed by atoms with Crippen molar-refractivity contribution >= 4 is 33.7 Å². The highest BCUT2D eigenvalue weighted by Crippen LogP contribution is 2.60. The van der Waals surface area contributed by atoms with E-state index in [1.165, 1.54) is 4.90 Å². The van der Waals surface area contributed by atoms with Crippen molar-refractivity contribution in [1.29, 1.82) is 0 Å². The number of fused-ring (bicyclic) bond motifs is 1. The molecule has 196 valence electrons. The smallest absolute Gasteiger partial charge is 0.310 e. The third kappa shape index (κ3) is 4.29. The Hall–Kier alpha value is -2.23. The molecule has 1 aromatic rings. The normalized spacial score (nSPS) is 32.3. The first-order chi connectivity index (χ1) is 17.2. The van der Waals surface area contributed by atoms with Crippen molar-refractivity contribution in [3.63, 3.8) is 0 Å². The Labute approximate surface area is 220 Å². The minimum atomic E-state index is -1.27. The van der Waals surface area contributed by atoms with Crippen LogP contribution in [0.15, 0.2) is 43.0 Å². The number of aliphatic hydroxyl groups is 1. The van der Waals surface area contributed by atoms with E-state index in [0.29, 0.717) is 19.4 Å². The minimum absolute atomic E-state index is 0.108. The second kappa shape index (κ2) is 10.6. The summed E-state index contributed by atoms with van der Waals surface area (Å²) >= 11 is 3.57. The zero-order valence-corrected chi connectivity index (χ0v) is 22.3. The summed E-state index contributed by atoms with van der Waals surface area (Å²) < 4.78 is 6.37. The van der Waals surface area contributed by atoms with E-state index in [2.05, 4.69) is 22.5 Å². The Bertz CT molecular complexity index is 1010. The zero-order chi connectivity index (χ0) is 26.2. The molecule has 3 saturated heterocycles. The van der Waals surface area contributed by atoms with Gasteiger partial charge < -0.3 is 24.7 Å². The van der Waals surface area contributed by atoms with E-state index in [1.807, 2.05) is 44.2 Å². The maximum atomic E-state index is 14.3. The monoisotopic (exact) mass is 562 g/mol. The fourth-order valence-electron chi connectivity index (χ4n) is 6.52. The molecule has 0 aromatic heterocycles. The molecule has 9 heteroatoms. The summed E-state index contributed by atoms with van der Waals surface area (Å²) in [5.41, 5.74) is -0.364. The highest BCUT2D eigenvalue weighted by atomic mass is 79.9. The summed E-state index contributed by atoms with van der Waals surface area (Å²) in [6, 6.07) is 7.61. The Balaban J connectivity index is 1.81. The van der Waals surface area contributed by atoms with E-state index in [0.717, 1.165) is 18.4 Å². The molecule has 4 rings (SSSR count). The lowest BCUT2D eigenvalue weighted by Crippen LogP contribution is -2.60. The van der Waals surface area contributed by atoms with Gasteiger partial charge >= 0.3 is 5.97 Å². The van der Waals surface area contributed by atoms with Crippen molar-refractivity contribution in [1.82, 2.24) is 9.80 Å². The number of benzene rings is 1. The molecule has 0 radical (unpaired) electrons. The summed E-state index contributed by atoms with van der Waals surface area (Å²) in [6.07, 6.45) is 3.29. The number of rotatable bonds is 11. The topological polar surface area (TPSA) is 107 Å². The van der Waals surface area contributed by atoms with Gasteiger partial charge in [-0.05, 0) is 31.7 Å². The number of likely N-dealkylation sites (tertiary alicyclic amines) is 1. The van der Waals surface area contributed by atoms with Crippen molar-refractivity contribution in [3.05, 3.63) is 48.6 Å². The maximum Gasteiger partial charge on any atom is 0.310 e. The van der Waals surface area contributed by atoms with Gasteiger partial charge in [0.15, 0.2) is 0 Å². The highest BCUT2D eigenvalue weighted by molar-refractivity contribution is 9.09. The van der Waals surface area contributed by atoms with E-state index in [1.54, 1.807) is 11.0 Å². The molecule has 2 N–H and O–H groups in total. The number of aliphatic hydroxyl groups excluding tert-OH is 1. The number of hydrogen-bond acceptors (Lipinski definition) is 5. The summed E-state index contributed by atoms with van der Waals surface area (Å²) in [5.74, 6) is -3.88. The summed E-state index contributed by atoms with van der Waals surface area (Å²) in [6.45, 7) is 7.77. The van der Waals surface area contributed by atoms with Gasteiger partial charge in [0.2, 0.25) is 11.8 Å². The van der Waals surface area contributed by atoms with Gasteiger partial charge in [0.1, 0.15) is 11.6 Å². The number of nitrogens with zero attached hydrogens (tertiary/aromatic N) is 2. The average Bonchev–Trinajstić information content (AvgIpc) is 3.45. The van der Waals surface area contributed by atoms with Crippen LogP contribution in [0, 0.1) is 11.8 Å². The molecule has 2 amide bonds. The van der Waals surface area contributed by atoms with Gasteiger partial charge in [0.05, 0.1) is 30.6 Å². The van der Waals surface area contributed by atoms with Crippen molar-refractivity contribution in [3.8, 4) is 0 Å². The Morgan fingerprint density at radius 3 is 2.64 bits per heavy atom. The number of hydrogen-bond donors (Lipinski definition) is 2. The molecule has 3 fully saturated rings. The number of alkyl halides is 1. The van der Waals surface area contributed by atoms with Gasteiger partial charge in [-0.15, -0.1) is 6.58 Å². The van der Waals surface area contributed by atoms with Crippen molar-refractivity contribution in [2.45, 2.75) is 74.2 Å². The molecule has 0 aliphatic carbocycles. The van der Waals surface area contributed by atoms with E-state index in [-0.39, 0.29) is 23.4 Å². The van der Waals surface area contributed by atoms with E-state index in [4.69, 9.17) is 4.74 Å². The Kier molecular flexibility index (Phi) is 7.92. The number of ether oxygens (including phenoxy) is 1. The lowest BCUT2D eigenvalue weighted by Gasteiger charge is -2.41. The van der Waals surface area contributed by atoms with Crippen molar-refractivity contribution in [2.75, 3.05) is 13.2 Å². The van der Waals surface area contributed by atoms with Gasteiger partial charge in [-0.25, -0.2) is 0 Å². The van der Waals surface area contributed by atoms with Crippen LogP contribution in [0.3, 0.4) is 0 Å². The molecule has 36 heavy (non-hydrogen) atoms. The second-order valence-electron chi connectivity index (χ2n) is 10.2. The van der Waals surface area contributed by atoms with E-state index in [9.17, 15) is 24.6 Å². The van der Waals surface area contributed by atoms with Crippen LogP contribution in [0.2, 0.25) is 0 Å². The van der Waals surface area contributed by atoms with Crippen molar-refractivity contribution in [2.24, 2.45) is 11.8 Å². The number of carbonyl (C=O) groups is 3. The number of carboxylic acids is 1. The predicted octanol–water partition coefficient (Wildman–Crippen LogP) is 2.63. The molecule has 3 aliphatic heterocycles. The maximum absolute atomic E-state index is 14.3. The lowest BCUT2D eigenvalue weighted by atomic mass is 9.70. The molecule has 0 saturated carbocycles. The second-order valence-corrected chi connectivity index (χ2v) is 11.4. The molecule has 1 spiro atoms. The SMILES string of the molecule is C=CCN(C(=O)C1N([C@@H](CO)Cc2ccccc2)C(=O)[C@@H]2[C@H](C(=O)O)[C@H]3OC12CC3Br)C(C)CCC. The predicted molar refractivity (Wildman–Crippen MR) is 137 cm³/mol. The van der Waals surface area contributed by atoms with Crippen LogP contribution in [0.5, 0.6) is 0 Å². The standard InChI is InChI=1S/C27H35BrN2O6/c1-4-9-16(3)29(12-5-2)25(33)23-27-14-19(28)22(36-27)20(26(34)35)21(27)24(32)30(23)18(15-31)13-17-10-7-6-8-11-17/h5-8,10-11,16,18-23,31H,2,4,9,12-15H2,1,3H3,(H,34,35)/t16?,18-,19?,20+,21+,22+,23?,27?/m1/s1. The minimum Gasteiger partial charge on any atom is -0.481 e. The van der Waals surface area contributed by atoms with Crippen LogP contribution >= 0.6 is 15.9 Å². The molecular weight excluding hydrogens is 528 g/mol.